The number of rotatable bonds is 4. The zero-order valence-corrected chi connectivity index (χ0v) is 34.9. The summed E-state index contributed by atoms with van der Waals surface area (Å²) >= 11 is 1.81. The van der Waals surface area contributed by atoms with Crippen LogP contribution in [0.5, 0.6) is 0 Å². The molecule has 5 heterocycles. The van der Waals surface area contributed by atoms with Crippen LogP contribution >= 0.6 is 11.3 Å². The van der Waals surface area contributed by atoms with Crippen LogP contribution in [-0.2, 0) is 5.66 Å². The van der Waals surface area contributed by atoms with E-state index in [2.05, 4.69) is 181 Å². The number of furan rings is 2. The second kappa shape index (κ2) is 12.9. The molecule has 0 spiro atoms. The molecule has 3 unspecified atom stereocenters. The molecule has 14 rings (SSSR count). The number of para-hydroxylation sites is 2. The fourth-order valence-electron chi connectivity index (χ4n) is 10.4. The fraction of sp³-hybridized carbons (Fsp3) is 0.0714. The van der Waals surface area contributed by atoms with Gasteiger partial charge in [0.1, 0.15) is 22.6 Å². The van der Waals surface area contributed by atoms with E-state index in [1.807, 2.05) is 29.5 Å². The van der Waals surface area contributed by atoms with Crippen LogP contribution < -0.4 is 10.2 Å². The first-order valence-electron chi connectivity index (χ1n) is 21.5. The second-order valence-electron chi connectivity index (χ2n) is 17.1. The summed E-state index contributed by atoms with van der Waals surface area (Å²) in [6.45, 7) is 2.16. The van der Waals surface area contributed by atoms with Gasteiger partial charge in [0.05, 0.1) is 11.7 Å². The molecule has 3 aliphatic rings. The van der Waals surface area contributed by atoms with E-state index in [-0.39, 0.29) is 12.0 Å². The van der Waals surface area contributed by atoms with Crippen LogP contribution in [0.2, 0.25) is 0 Å². The lowest BCUT2D eigenvalue weighted by Crippen LogP contribution is -2.46. The predicted molar refractivity (Wildman–Crippen MR) is 261 cm³/mol. The van der Waals surface area contributed by atoms with Gasteiger partial charge in [-0.05, 0) is 83.9 Å². The van der Waals surface area contributed by atoms with Crippen LogP contribution in [0.4, 0.5) is 11.4 Å². The van der Waals surface area contributed by atoms with Gasteiger partial charge in [0.25, 0.3) is 0 Å². The number of nitrogens with one attached hydrogen (secondary N) is 1. The monoisotopic (exact) mass is 828 g/mol. The van der Waals surface area contributed by atoms with Crippen molar-refractivity contribution in [1.82, 2.24) is 5.32 Å². The number of benzene rings is 8. The number of thiophene rings is 1. The number of aliphatic imine (C=N–C) groups is 2. The molecule has 11 aromatic rings. The number of amidine groups is 2. The van der Waals surface area contributed by atoms with E-state index in [1.165, 1.54) is 42.2 Å². The van der Waals surface area contributed by atoms with E-state index in [0.717, 1.165) is 66.3 Å². The third-order valence-electron chi connectivity index (χ3n) is 13.4. The molecule has 0 saturated heterocycles. The van der Waals surface area contributed by atoms with Crippen molar-refractivity contribution >= 4 is 109 Å². The molecule has 6 nitrogen and oxygen atoms in total. The van der Waals surface area contributed by atoms with Gasteiger partial charge in [-0.25, -0.2) is 9.98 Å². The van der Waals surface area contributed by atoms with E-state index in [0.29, 0.717) is 11.7 Å². The molecule has 0 fully saturated rings. The molecule has 1 N–H and O–H groups in total. The normalized spacial score (nSPS) is 19.4. The Morgan fingerprint density at radius 2 is 1.32 bits per heavy atom. The minimum Gasteiger partial charge on any atom is -0.456 e. The summed E-state index contributed by atoms with van der Waals surface area (Å²) in [7, 11) is 0. The number of anilines is 2. The Morgan fingerprint density at radius 3 is 2.21 bits per heavy atom. The third-order valence-corrected chi connectivity index (χ3v) is 14.6. The van der Waals surface area contributed by atoms with Gasteiger partial charge in [0.15, 0.2) is 17.1 Å². The summed E-state index contributed by atoms with van der Waals surface area (Å²) in [4.78, 5) is 13.5. The van der Waals surface area contributed by atoms with Gasteiger partial charge in [-0.2, -0.15) is 0 Å². The average molecular weight is 829 g/mol. The lowest BCUT2D eigenvalue weighted by atomic mass is 9.90. The van der Waals surface area contributed by atoms with Crippen molar-refractivity contribution in [3.8, 4) is 0 Å². The Kier molecular flexibility index (Phi) is 7.15. The Balaban J connectivity index is 0.994. The zero-order valence-electron chi connectivity index (χ0n) is 34.0. The zero-order chi connectivity index (χ0) is 41.4. The number of allylic oxidation sites excluding steroid dienone is 2. The second-order valence-corrected chi connectivity index (χ2v) is 18.1. The van der Waals surface area contributed by atoms with Crippen molar-refractivity contribution in [2.75, 3.05) is 4.90 Å². The molecule has 298 valence electrons. The predicted octanol–water partition coefficient (Wildman–Crippen LogP) is 14.4. The average Bonchev–Trinajstić information content (AvgIpc) is 4.09. The smallest absolute Gasteiger partial charge is 0.160 e. The molecule has 0 amide bonds. The standard InChI is InChI=1S/C56H36N4O2S/c1-56(35-23-25-40-39-16-7-11-21-50(39)63-51(40)31-35)58-54(34-22-24-38-37-15-5-9-19-47(37)61-49(38)30-34)57-55(59-56)42-26-27-45(53-52(42)41-17-6-10-20-48(41)62-53)60-44-18-8-4-14-36(44)43-28-32-12-2-3-13-33(32)29-46(43)60/h2-31,36,44H,1H3,(H,57,58,59). The molecular weight excluding hydrogens is 793 g/mol. The lowest BCUT2D eigenvalue weighted by molar-refractivity contribution is 0.455. The van der Waals surface area contributed by atoms with E-state index < -0.39 is 5.66 Å². The SMILES string of the molecule is CC1(c2ccc3c(c2)sc2ccccc23)N=C(c2ccc(N3c4cc5ccccc5cc4C4C=CC=CC43)c3oc4ccccc4c23)N=C(c2ccc3c(c2)oc2ccccc23)N1. The van der Waals surface area contributed by atoms with Crippen molar-refractivity contribution in [2.24, 2.45) is 9.98 Å². The first-order valence-corrected chi connectivity index (χ1v) is 22.3. The lowest BCUT2D eigenvalue weighted by Gasteiger charge is -2.33. The van der Waals surface area contributed by atoms with Crippen molar-refractivity contribution in [3.05, 3.63) is 204 Å². The van der Waals surface area contributed by atoms with Gasteiger partial charge >= 0.3 is 0 Å². The van der Waals surface area contributed by atoms with E-state index in [9.17, 15) is 0 Å². The fourth-order valence-corrected chi connectivity index (χ4v) is 11.6. The molecule has 2 aliphatic heterocycles. The molecule has 3 aromatic heterocycles. The van der Waals surface area contributed by atoms with Crippen molar-refractivity contribution in [3.63, 3.8) is 0 Å². The molecule has 0 saturated carbocycles. The highest BCUT2D eigenvalue weighted by molar-refractivity contribution is 7.25. The highest BCUT2D eigenvalue weighted by Crippen LogP contribution is 2.52. The van der Waals surface area contributed by atoms with Crippen LogP contribution in [0.15, 0.2) is 201 Å². The summed E-state index contributed by atoms with van der Waals surface area (Å²) < 4.78 is 15.9. The molecule has 0 bridgehead atoms. The van der Waals surface area contributed by atoms with Crippen LogP contribution in [0.3, 0.4) is 0 Å². The minimum absolute atomic E-state index is 0.0881. The number of hydrogen-bond donors (Lipinski definition) is 1. The molecule has 63 heavy (non-hydrogen) atoms. The third kappa shape index (κ3) is 5.11. The largest absolute Gasteiger partial charge is 0.456 e. The van der Waals surface area contributed by atoms with Gasteiger partial charge < -0.3 is 19.1 Å². The Hall–Kier alpha value is -7.74. The van der Waals surface area contributed by atoms with Crippen molar-refractivity contribution in [2.45, 2.75) is 24.5 Å². The van der Waals surface area contributed by atoms with Gasteiger partial charge in [0, 0.05) is 70.0 Å². The van der Waals surface area contributed by atoms with E-state index in [1.54, 1.807) is 0 Å². The highest BCUT2D eigenvalue weighted by atomic mass is 32.1. The summed E-state index contributed by atoms with van der Waals surface area (Å²) in [6.07, 6.45) is 9.00. The van der Waals surface area contributed by atoms with Gasteiger partial charge in [0.2, 0.25) is 0 Å². The van der Waals surface area contributed by atoms with Crippen LogP contribution in [-0.4, -0.2) is 17.7 Å². The number of fused-ring (bicyclic) bond motifs is 13. The Bertz CT molecular complexity index is 3900. The quantitative estimate of drug-likeness (QED) is 0.192. The van der Waals surface area contributed by atoms with Crippen LogP contribution in [0.1, 0.15) is 35.1 Å². The summed E-state index contributed by atoms with van der Waals surface area (Å²) in [5, 5.41) is 13.0. The van der Waals surface area contributed by atoms with Gasteiger partial charge in [-0.1, -0.05) is 121 Å². The topological polar surface area (TPSA) is 66.3 Å². The number of hydrogen-bond acceptors (Lipinski definition) is 7. The Labute approximate surface area is 365 Å². The van der Waals surface area contributed by atoms with Crippen molar-refractivity contribution < 1.29 is 8.83 Å². The van der Waals surface area contributed by atoms with Crippen molar-refractivity contribution in [1.29, 1.82) is 0 Å². The van der Waals surface area contributed by atoms with Crippen LogP contribution in [0.25, 0.3) is 74.8 Å². The summed E-state index contributed by atoms with van der Waals surface area (Å²) in [6, 6.07) is 56.2. The molecule has 0 radical (unpaired) electrons. The van der Waals surface area contributed by atoms with Gasteiger partial charge in [-0.15, -0.1) is 11.3 Å². The summed E-state index contributed by atoms with van der Waals surface area (Å²) in [5.74, 6) is 1.55. The molecular formula is C56H36N4O2S. The first kappa shape index (κ1) is 34.9. The highest BCUT2D eigenvalue weighted by Gasteiger charge is 2.40. The van der Waals surface area contributed by atoms with E-state index >= 15 is 0 Å². The maximum absolute atomic E-state index is 7.00. The number of nitrogens with zero attached hydrogens (tertiary/aromatic N) is 3. The molecule has 7 heteroatoms. The Morgan fingerprint density at radius 1 is 0.603 bits per heavy atom. The summed E-state index contributed by atoms with van der Waals surface area (Å²) in [5.41, 5.74) is 8.82. The first-order chi connectivity index (χ1) is 31.0. The molecule has 8 aromatic carbocycles. The van der Waals surface area contributed by atoms with E-state index in [4.69, 9.17) is 18.8 Å². The minimum atomic E-state index is -0.883. The van der Waals surface area contributed by atoms with Crippen LogP contribution in [0, 0.1) is 0 Å². The van der Waals surface area contributed by atoms with Gasteiger partial charge in [-0.3, -0.25) is 0 Å². The molecule has 3 atom stereocenters. The molecule has 1 aliphatic carbocycles. The maximum Gasteiger partial charge on any atom is 0.160 e. The maximum atomic E-state index is 7.00.